The first-order valence-corrected chi connectivity index (χ1v) is 5.02. The summed E-state index contributed by atoms with van der Waals surface area (Å²) in [4.78, 5) is 0. The molecule has 1 aromatic rings. The van der Waals surface area contributed by atoms with Crippen LogP contribution in [0.3, 0.4) is 0 Å². The summed E-state index contributed by atoms with van der Waals surface area (Å²) in [5.41, 5.74) is 0.199. The Morgan fingerprint density at radius 1 is 1.38 bits per heavy atom. The van der Waals surface area contributed by atoms with E-state index in [0.29, 0.717) is 0 Å². The van der Waals surface area contributed by atoms with Gasteiger partial charge in [-0.25, -0.2) is 8.78 Å². The van der Waals surface area contributed by atoms with Gasteiger partial charge in [0.2, 0.25) is 0 Å². The maximum Gasteiger partial charge on any atom is 0.163 e. The van der Waals surface area contributed by atoms with Gasteiger partial charge in [-0.2, -0.15) is 0 Å². The van der Waals surface area contributed by atoms with E-state index in [1.165, 1.54) is 12.1 Å². The molecule has 0 aliphatic rings. The Morgan fingerprint density at radius 3 is 2.69 bits per heavy atom. The van der Waals surface area contributed by atoms with Crippen LogP contribution in [0, 0.1) is 11.6 Å². The molecule has 0 radical (unpaired) electrons. The quantitative estimate of drug-likeness (QED) is 0.707. The third-order valence-electron chi connectivity index (χ3n) is 2.32. The van der Waals surface area contributed by atoms with Crippen molar-refractivity contribution >= 4 is 0 Å². The van der Waals surface area contributed by atoms with Crippen molar-refractivity contribution in [3.8, 4) is 0 Å². The molecule has 0 bridgehead atoms. The molecule has 0 heterocycles. The van der Waals surface area contributed by atoms with E-state index in [0.717, 1.165) is 6.07 Å². The van der Waals surface area contributed by atoms with Crippen molar-refractivity contribution in [3.63, 3.8) is 0 Å². The van der Waals surface area contributed by atoms with Crippen LogP contribution < -0.4 is 5.32 Å². The molecule has 3 N–H and O–H groups in total. The summed E-state index contributed by atoms with van der Waals surface area (Å²) in [5, 5.41) is 20.5. The maximum atomic E-state index is 13.3. The number of benzene rings is 1. The van der Waals surface area contributed by atoms with Gasteiger partial charge in [-0.3, -0.25) is 0 Å². The van der Waals surface area contributed by atoms with Crippen LogP contribution in [0.1, 0.15) is 18.5 Å². The van der Waals surface area contributed by atoms with E-state index in [1.807, 2.05) is 0 Å². The molecule has 0 aliphatic heterocycles. The summed E-state index contributed by atoms with van der Waals surface area (Å²) in [7, 11) is 0. The molecular weight excluding hydrogens is 216 g/mol. The molecule has 16 heavy (non-hydrogen) atoms. The van der Waals surface area contributed by atoms with Gasteiger partial charge in [0.25, 0.3) is 0 Å². The summed E-state index contributed by atoms with van der Waals surface area (Å²) in [5.74, 6) is -1.78. The van der Waals surface area contributed by atoms with E-state index >= 15 is 0 Å². The van der Waals surface area contributed by atoms with Crippen LogP contribution in [0.2, 0.25) is 0 Å². The largest absolute Gasteiger partial charge is 0.394 e. The van der Waals surface area contributed by atoms with Gasteiger partial charge in [-0.1, -0.05) is 12.1 Å². The number of hydrogen-bond donors (Lipinski definition) is 3. The van der Waals surface area contributed by atoms with E-state index in [4.69, 9.17) is 10.2 Å². The van der Waals surface area contributed by atoms with E-state index in [-0.39, 0.29) is 18.7 Å². The summed E-state index contributed by atoms with van der Waals surface area (Å²) in [6, 6.07) is 3.51. The lowest BCUT2D eigenvalue weighted by molar-refractivity contribution is 0.0922. The zero-order chi connectivity index (χ0) is 12.1. The van der Waals surface area contributed by atoms with Gasteiger partial charge in [0.1, 0.15) is 0 Å². The zero-order valence-corrected chi connectivity index (χ0v) is 8.95. The highest BCUT2D eigenvalue weighted by Gasteiger charge is 2.14. The van der Waals surface area contributed by atoms with Gasteiger partial charge in [0, 0.05) is 18.2 Å². The second-order valence-electron chi connectivity index (χ2n) is 3.61. The van der Waals surface area contributed by atoms with Crippen molar-refractivity contribution in [2.75, 3.05) is 13.2 Å². The molecule has 90 valence electrons. The minimum atomic E-state index is -0.904. The Hall–Kier alpha value is -1.04. The predicted octanol–water partition coefficient (Wildman–Crippen LogP) is 0.969. The Morgan fingerprint density at radius 2 is 2.06 bits per heavy atom. The predicted molar refractivity (Wildman–Crippen MR) is 55.9 cm³/mol. The van der Waals surface area contributed by atoms with Crippen LogP contribution in [0.4, 0.5) is 8.78 Å². The number of hydrogen-bond acceptors (Lipinski definition) is 3. The maximum absolute atomic E-state index is 13.3. The summed E-state index contributed by atoms with van der Waals surface area (Å²) < 4.78 is 26.2. The van der Waals surface area contributed by atoms with Crippen molar-refractivity contribution in [1.29, 1.82) is 0 Å². The van der Waals surface area contributed by atoms with Crippen LogP contribution in [-0.4, -0.2) is 29.5 Å². The monoisotopic (exact) mass is 231 g/mol. The average molecular weight is 231 g/mol. The standard InChI is InChI=1S/C11H15F2NO2/c1-7(14-5-8(16)6-15)9-3-2-4-10(12)11(9)13/h2-4,7-8,14-16H,5-6H2,1H3. The van der Waals surface area contributed by atoms with E-state index < -0.39 is 23.8 Å². The van der Waals surface area contributed by atoms with Crippen LogP contribution in [-0.2, 0) is 0 Å². The number of nitrogens with one attached hydrogen (secondary N) is 1. The lowest BCUT2D eigenvalue weighted by Crippen LogP contribution is -2.31. The van der Waals surface area contributed by atoms with Crippen LogP contribution in [0.25, 0.3) is 0 Å². The molecule has 0 fully saturated rings. The highest BCUT2D eigenvalue weighted by Crippen LogP contribution is 2.18. The van der Waals surface area contributed by atoms with Crippen molar-refractivity contribution in [1.82, 2.24) is 5.32 Å². The Bertz CT molecular complexity index is 347. The molecule has 5 heteroatoms. The molecule has 0 saturated heterocycles. The lowest BCUT2D eigenvalue weighted by atomic mass is 10.1. The SMILES string of the molecule is CC(NCC(O)CO)c1cccc(F)c1F. The Kier molecular flexibility index (Phi) is 4.79. The zero-order valence-electron chi connectivity index (χ0n) is 8.95. The molecule has 2 atom stereocenters. The topological polar surface area (TPSA) is 52.5 Å². The van der Waals surface area contributed by atoms with Gasteiger partial charge in [-0.05, 0) is 13.0 Å². The van der Waals surface area contributed by atoms with E-state index in [1.54, 1.807) is 6.92 Å². The van der Waals surface area contributed by atoms with Crippen molar-refractivity contribution in [2.45, 2.75) is 19.1 Å². The Balaban J connectivity index is 2.66. The van der Waals surface area contributed by atoms with Gasteiger partial charge in [-0.15, -0.1) is 0 Å². The van der Waals surface area contributed by atoms with E-state index in [2.05, 4.69) is 5.32 Å². The number of aliphatic hydroxyl groups excluding tert-OH is 2. The van der Waals surface area contributed by atoms with Gasteiger partial charge in [0.15, 0.2) is 11.6 Å². The summed E-state index contributed by atoms with van der Waals surface area (Å²) in [6.45, 7) is 1.40. The fourth-order valence-electron chi connectivity index (χ4n) is 1.34. The molecule has 0 spiro atoms. The minimum absolute atomic E-state index is 0.119. The fraction of sp³-hybridized carbons (Fsp3) is 0.455. The molecule has 3 nitrogen and oxygen atoms in total. The fourth-order valence-corrected chi connectivity index (χ4v) is 1.34. The average Bonchev–Trinajstić information content (AvgIpc) is 2.29. The second kappa shape index (κ2) is 5.89. The highest BCUT2D eigenvalue weighted by atomic mass is 19.2. The van der Waals surface area contributed by atoms with Crippen LogP contribution in [0.5, 0.6) is 0 Å². The first-order chi connectivity index (χ1) is 7.56. The molecule has 1 aromatic carbocycles. The number of rotatable bonds is 5. The molecule has 0 aliphatic carbocycles. The first-order valence-electron chi connectivity index (χ1n) is 5.02. The third kappa shape index (κ3) is 3.23. The Labute approximate surface area is 92.7 Å². The molecule has 0 saturated carbocycles. The first kappa shape index (κ1) is 13.0. The van der Waals surface area contributed by atoms with Crippen molar-refractivity contribution in [3.05, 3.63) is 35.4 Å². The highest BCUT2D eigenvalue weighted by molar-refractivity contribution is 5.21. The smallest absolute Gasteiger partial charge is 0.163 e. The van der Waals surface area contributed by atoms with Gasteiger partial charge in [0.05, 0.1) is 12.7 Å². The number of aliphatic hydroxyl groups is 2. The van der Waals surface area contributed by atoms with Crippen molar-refractivity contribution in [2.24, 2.45) is 0 Å². The molecular formula is C11H15F2NO2. The third-order valence-corrected chi connectivity index (χ3v) is 2.32. The van der Waals surface area contributed by atoms with Crippen LogP contribution in [0.15, 0.2) is 18.2 Å². The minimum Gasteiger partial charge on any atom is -0.394 e. The molecule has 1 rings (SSSR count). The normalized spacial score (nSPS) is 14.8. The summed E-state index contributed by atoms with van der Waals surface area (Å²) in [6.07, 6.45) is -0.904. The summed E-state index contributed by atoms with van der Waals surface area (Å²) >= 11 is 0. The van der Waals surface area contributed by atoms with Gasteiger partial charge < -0.3 is 15.5 Å². The number of halogens is 2. The van der Waals surface area contributed by atoms with Crippen LogP contribution >= 0.6 is 0 Å². The molecule has 0 amide bonds. The molecule has 2 unspecified atom stereocenters. The van der Waals surface area contributed by atoms with Crippen molar-refractivity contribution < 1.29 is 19.0 Å². The van der Waals surface area contributed by atoms with Gasteiger partial charge >= 0.3 is 0 Å². The van der Waals surface area contributed by atoms with E-state index in [9.17, 15) is 8.78 Å². The lowest BCUT2D eigenvalue weighted by Gasteiger charge is -2.17. The molecule has 0 aromatic heterocycles. The second-order valence-corrected chi connectivity index (χ2v) is 3.61.